The van der Waals surface area contributed by atoms with Gasteiger partial charge in [0, 0.05) is 41.1 Å². The van der Waals surface area contributed by atoms with Crippen LogP contribution >= 0.6 is 23.2 Å². The van der Waals surface area contributed by atoms with Crippen molar-refractivity contribution in [3.8, 4) is 11.5 Å². The molecule has 64 heavy (non-hydrogen) atoms. The van der Waals surface area contributed by atoms with E-state index in [1.807, 2.05) is 48.5 Å². The Bertz CT molecular complexity index is 2170. The van der Waals surface area contributed by atoms with Gasteiger partial charge >= 0.3 is 0 Å². The van der Waals surface area contributed by atoms with Gasteiger partial charge in [0.15, 0.2) is 0 Å². The van der Waals surface area contributed by atoms with E-state index in [-0.39, 0.29) is 23.3 Å². The molecule has 4 aliphatic heterocycles. The van der Waals surface area contributed by atoms with Gasteiger partial charge in [0.2, 0.25) is 11.6 Å². The maximum atomic E-state index is 11.8. The van der Waals surface area contributed by atoms with Crippen LogP contribution in [-0.4, -0.2) is 144 Å². The van der Waals surface area contributed by atoms with E-state index in [4.69, 9.17) is 61.1 Å². The molecule has 0 bridgehead atoms. The van der Waals surface area contributed by atoms with Crippen molar-refractivity contribution in [2.24, 2.45) is 0 Å². The van der Waals surface area contributed by atoms with Gasteiger partial charge in [-0.1, -0.05) is 59.6 Å². The summed E-state index contributed by atoms with van der Waals surface area (Å²) in [7, 11) is 1.27. The van der Waals surface area contributed by atoms with Crippen LogP contribution in [0.1, 0.15) is 46.2 Å². The second kappa shape index (κ2) is 20.2. The maximum absolute atomic E-state index is 11.8. The molecule has 0 amide bonds. The van der Waals surface area contributed by atoms with E-state index in [0.717, 1.165) is 24.0 Å². The largest absolute Gasteiger partial charge is 0.488 e. The third-order valence-electron chi connectivity index (χ3n) is 12.4. The molecule has 0 aliphatic carbocycles. The van der Waals surface area contributed by atoms with Crippen molar-refractivity contribution in [1.82, 2.24) is 0 Å². The fourth-order valence-corrected chi connectivity index (χ4v) is 9.07. The molecular weight excluding hydrogens is 875 g/mol. The Morgan fingerprint density at radius 1 is 0.594 bits per heavy atom. The molecule has 0 saturated carbocycles. The van der Waals surface area contributed by atoms with Crippen molar-refractivity contribution in [3.63, 3.8) is 0 Å². The Balaban J connectivity index is 1.05. The summed E-state index contributed by atoms with van der Waals surface area (Å²) >= 11 is 13.4. The first-order valence-electron chi connectivity index (χ1n) is 21.3. The van der Waals surface area contributed by atoms with Gasteiger partial charge < -0.3 is 73.6 Å². The SMILES string of the molecule is COC1(c2ccc(Cl)c(Cc3ccc(O[C@H]4CCOC4)cc3)c2)O[C@H](COC2(c3ccc(Cl)c(Cc4ccc(O[C@H]5CCOC5)cc4)c3)O[C@H](CO)[C@@H](O)[C@@H](O)[C@H]2O)[C@@H](O)[C@H](O)[C@H]1O. The van der Waals surface area contributed by atoms with Gasteiger partial charge in [-0.15, -0.1) is 0 Å². The molecule has 17 heteroatoms. The van der Waals surface area contributed by atoms with Crippen LogP contribution in [0.3, 0.4) is 0 Å². The van der Waals surface area contributed by atoms with Crippen LogP contribution in [0.25, 0.3) is 0 Å². The highest BCUT2D eigenvalue weighted by Gasteiger charge is 2.59. The Morgan fingerprint density at radius 3 is 1.50 bits per heavy atom. The quantitative estimate of drug-likeness (QED) is 0.0913. The van der Waals surface area contributed by atoms with Gasteiger partial charge in [0.25, 0.3) is 0 Å². The molecule has 4 saturated heterocycles. The molecule has 0 aromatic heterocycles. The van der Waals surface area contributed by atoms with E-state index < -0.39 is 73.6 Å². The lowest BCUT2D eigenvalue weighted by molar-refractivity contribution is -0.400. The number of ether oxygens (including phenoxy) is 8. The summed E-state index contributed by atoms with van der Waals surface area (Å²) < 4.78 is 47.7. The molecule has 4 aromatic carbocycles. The van der Waals surface area contributed by atoms with E-state index >= 15 is 0 Å². The number of rotatable bonds is 15. The fourth-order valence-electron chi connectivity index (χ4n) is 8.70. The summed E-state index contributed by atoms with van der Waals surface area (Å²) in [5.41, 5.74) is 3.38. The molecule has 15 nitrogen and oxygen atoms in total. The smallest absolute Gasteiger partial charge is 0.225 e. The predicted octanol–water partition coefficient (Wildman–Crippen LogP) is 3.13. The average Bonchev–Trinajstić information content (AvgIpc) is 4.03. The summed E-state index contributed by atoms with van der Waals surface area (Å²) in [6.45, 7) is 0.960. The molecule has 4 heterocycles. The normalized spacial score (nSPS) is 33.0. The first kappa shape index (κ1) is 47.0. The van der Waals surface area contributed by atoms with Crippen molar-refractivity contribution in [2.75, 3.05) is 46.8 Å². The topological polar surface area (TPSA) is 215 Å². The van der Waals surface area contributed by atoms with Crippen LogP contribution < -0.4 is 9.47 Å². The average molecular weight is 930 g/mol. The molecule has 8 rings (SSSR count). The van der Waals surface area contributed by atoms with Crippen LogP contribution in [0.15, 0.2) is 84.9 Å². The maximum Gasteiger partial charge on any atom is 0.225 e. The van der Waals surface area contributed by atoms with Crippen molar-refractivity contribution >= 4 is 23.2 Å². The first-order chi connectivity index (χ1) is 30.8. The minimum atomic E-state index is -2.31. The number of hydrogen-bond acceptors (Lipinski definition) is 15. The molecule has 4 aromatic rings. The second-order valence-corrected chi connectivity index (χ2v) is 17.5. The number of hydrogen-bond donors (Lipinski definition) is 7. The summed E-state index contributed by atoms with van der Waals surface area (Å²) in [6.07, 6.45) is -11.7. The third-order valence-corrected chi connectivity index (χ3v) is 13.1. The monoisotopic (exact) mass is 928 g/mol. The minimum absolute atomic E-state index is 0.00152. The molecule has 12 atom stereocenters. The highest BCUT2D eigenvalue weighted by molar-refractivity contribution is 6.31. The lowest BCUT2D eigenvalue weighted by Gasteiger charge is -2.51. The third kappa shape index (κ3) is 9.67. The Labute approximate surface area is 380 Å². The van der Waals surface area contributed by atoms with Crippen LogP contribution in [0, 0.1) is 0 Å². The van der Waals surface area contributed by atoms with Gasteiger partial charge in [0.1, 0.15) is 72.5 Å². The summed E-state index contributed by atoms with van der Waals surface area (Å²) in [5, 5.41) is 79.1. The molecule has 4 fully saturated rings. The highest BCUT2D eigenvalue weighted by atomic mass is 35.5. The van der Waals surface area contributed by atoms with Crippen molar-refractivity contribution in [3.05, 3.63) is 128 Å². The molecule has 2 unspecified atom stereocenters. The Morgan fingerprint density at radius 2 is 1.05 bits per heavy atom. The highest BCUT2D eigenvalue weighted by Crippen LogP contribution is 2.44. The Kier molecular flexibility index (Phi) is 14.8. The summed E-state index contributed by atoms with van der Waals surface area (Å²) in [6, 6.07) is 24.6. The van der Waals surface area contributed by atoms with Crippen LogP contribution in [0.2, 0.25) is 10.0 Å². The standard InChI is InChI=1S/C47H54Cl2O15/c1-57-46(30-6-12-36(48)28(20-30)18-26-2-8-32(9-3-26)61-34-14-16-58-23-34)44(55)43(54)41(52)39(64-46)25-60-47(45(56)42(53)40(51)38(22-50)63-47)31-7-13-37(49)29(21-31)19-27-4-10-33(11-5-27)62-35-15-17-59-24-35/h2-13,20-21,34-35,38-45,50-56H,14-19,22-25H2,1H3/t34-,35-,38+,39+,40+,41+,42+,43-,44+,45+,46?,47?/m0/s1. The van der Waals surface area contributed by atoms with E-state index in [9.17, 15) is 35.7 Å². The Hall–Kier alpha value is -3.46. The van der Waals surface area contributed by atoms with Crippen LogP contribution in [-0.2, 0) is 52.8 Å². The lowest BCUT2D eigenvalue weighted by Crippen LogP contribution is -2.67. The lowest BCUT2D eigenvalue weighted by atomic mass is 9.86. The van der Waals surface area contributed by atoms with Gasteiger partial charge in [-0.2, -0.15) is 0 Å². The molecule has 0 radical (unpaired) electrons. The van der Waals surface area contributed by atoms with E-state index in [2.05, 4.69) is 0 Å². The van der Waals surface area contributed by atoms with Crippen LogP contribution in [0.5, 0.6) is 11.5 Å². The summed E-state index contributed by atoms with van der Waals surface area (Å²) in [5.74, 6) is -3.00. The number of methoxy groups -OCH3 is 1. The van der Waals surface area contributed by atoms with Crippen LogP contribution in [0.4, 0.5) is 0 Å². The summed E-state index contributed by atoms with van der Waals surface area (Å²) in [4.78, 5) is 0. The van der Waals surface area contributed by atoms with E-state index in [0.29, 0.717) is 71.9 Å². The first-order valence-corrected chi connectivity index (χ1v) is 22.1. The predicted molar refractivity (Wildman–Crippen MR) is 230 cm³/mol. The minimum Gasteiger partial charge on any atom is -0.488 e. The fraction of sp³-hybridized carbons (Fsp3) is 0.489. The zero-order chi connectivity index (χ0) is 45.2. The van der Waals surface area contributed by atoms with Crippen molar-refractivity contribution in [1.29, 1.82) is 0 Å². The number of aliphatic hydroxyl groups excluding tert-OH is 7. The number of benzene rings is 4. The zero-order valence-corrected chi connectivity index (χ0v) is 36.6. The molecule has 346 valence electrons. The molecule has 7 N–H and O–H groups in total. The van der Waals surface area contributed by atoms with Crippen molar-refractivity contribution < 1.29 is 73.6 Å². The van der Waals surface area contributed by atoms with E-state index in [1.165, 1.54) is 13.2 Å². The number of halogens is 2. The number of aliphatic hydroxyl groups is 7. The molecule has 0 spiro atoms. The van der Waals surface area contributed by atoms with Crippen molar-refractivity contribution in [2.45, 2.75) is 98.3 Å². The van der Waals surface area contributed by atoms with Gasteiger partial charge in [-0.25, -0.2) is 0 Å². The van der Waals surface area contributed by atoms with Gasteiger partial charge in [-0.3, -0.25) is 0 Å². The van der Waals surface area contributed by atoms with Gasteiger partial charge in [0.05, 0.1) is 39.6 Å². The van der Waals surface area contributed by atoms with Gasteiger partial charge in [-0.05, 0) is 83.6 Å². The second-order valence-electron chi connectivity index (χ2n) is 16.7. The molecular formula is C47H54Cl2O15. The molecule has 4 aliphatic rings. The zero-order valence-electron chi connectivity index (χ0n) is 35.1. The van der Waals surface area contributed by atoms with E-state index in [1.54, 1.807) is 30.3 Å².